The smallest absolute Gasteiger partial charge is 0.247 e. The molecule has 1 atom stereocenters. The molecule has 2 heterocycles. The molecule has 0 radical (unpaired) electrons. The van der Waals surface area contributed by atoms with Gasteiger partial charge >= 0.3 is 0 Å². The third-order valence-corrected chi connectivity index (χ3v) is 2.08. The zero-order chi connectivity index (χ0) is 9.97. The highest BCUT2D eigenvalue weighted by atomic mass is 16.2. The second-order valence-corrected chi connectivity index (χ2v) is 3.14. The van der Waals surface area contributed by atoms with Crippen LogP contribution in [-0.2, 0) is 9.59 Å². The number of aromatic amines is 1. The third-order valence-electron chi connectivity index (χ3n) is 2.08. The number of rotatable bonds is 2. The number of hydrogen-bond donors (Lipinski definition) is 3. The van der Waals surface area contributed by atoms with Crippen LogP contribution in [0.15, 0.2) is 12.4 Å². The van der Waals surface area contributed by atoms with Gasteiger partial charge in [0.25, 0.3) is 0 Å². The molecule has 6 nitrogen and oxygen atoms in total. The molecule has 0 unspecified atom stereocenters. The van der Waals surface area contributed by atoms with Crippen LogP contribution >= 0.6 is 0 Å². The highest BCUT2D eigenvalue weighted by molar-refractivity contribution is 5.98. The summed E-state index contributed by atoms with van der Waals surface area (Å²) in [6.45, 7) is 0. The number of nitrogens with one attached hydrogen (secondary N) is 3. The topological polar surface area (TPSA) is 86.9 Å². The lowest BCUT2D eigenvalue weighted by Crippen LogP contribution is -2.37. The van der Waals surface area contributed by atoms with E-state index >= 15 is 0 Å². The summed E-state index contributed by atoms with van der Waals surface area (Å²) in [5, 5.41) is 11.5. The quantitative estimate of drug-likeness (QED) is 0.600. The van der Waals surface area contributed by atoms with E-state index in [0.717, 1.165) is 0 Å². The van der Waals surface area contributed by atoms with E-state index in [2.05, 4.69) is 20.8 Å². The van der Waals surface area contributed by atoms with Gasteiger partial charge in [0, 0.05) is 12.6 Å². The second kappa shape index (κ2) is 3.49. The van der Waals surface area contributed by atoms with Crippen molar-refractivity contribution in [3.8, 4) is 0 Å². The summed E-state index contributed by atoms with van der Waals surface area (Å²) in [5.74, 6) is -0.269. The molecule has 2 rings (SSSR count). The molecule has 1 fully saturated rings. The number of carbonyl (C=O) groups is 2. The Morgan fingerprint density at radius 3 is 3.07 bits per heavy atom. The van der Waals surface area contributed by atoms with Crippen molar-refractivity contribution in [1.82, 2.24) is 15.5 Å². The molecule has 0 aromatic carbocycles. The van der Waals surface area contributed by atoms with Gasteiger partial charge < -0.3 is 10.6 Å². The van der Waals surface area contributed by atoms with Crippen LogP contribution in [0.1, 0.15) is 12.8 Å². The van der Waals surface area contributed by atoms with Crippen molar-refractivity contribution in [2.24, 2.45) is 0 Å². The molecule has 3 N–H and O–H groups in total. The molecule has 1 saturated heterocycles. The minimum atomic E-state index is -0.405. The van der Waals surface area contributed by atoms with E-state index in [1.807, 2.05) is 0 Å². The van der Waals surface area contributed by atoms with Crippen molar-refractivity contribution in [3.63, 3.8) is 0 Å². The van der Waals surface area contributed by atoms with Crippen LogP contribution in [0.25, 0.3) is 0 Å². The van der Waals surface area contributed by atoms with Crippen LogP contribution in [0.5, 0.6) is 0 Å². The molecule has 1 aromatic heterocycles. The Labute approximate surface area is 80.1 Å². The molecular formula is C8H10N4O2. The number of amides is 2. The van der Waals surface area contributed by atoms with Crippen LogP contribution in [0.2, 0.25) is 0 Å². The second-order valence-electron chi connectivity index (χ2n) is 3.14. The summed E-state index contributed by atoms with van der Waals surface area (Å²) >= 11 is 0. The van der Waals surface area contributed by atoms with Crippen molar-refractivity contribution < 1.29 is 9.59 Å². The van der Waals surface area contributed by atoms with Gasteiger partial charge in [0.05, 0.1) is 11.9 Å². The number of carbonyl (C=O) groups excluding carboxylic acids is 2. The van der Waals surface area contributed by atoms with Crippen molar-refractivity contribution in [2.45, 2.75) is 18.9 Å². The Hall–Kier alpha value is -1.85. The summed E-state index contributed by atoms with van der Waals surface area (Å²) in [6.07, 6.45) is 4.06. The molecule has 0 bridgehead atoms. The zero-order valence-corrected chi connectivity index (χ0v) is 7.41. The van der Waals surface area contributed by atoms with E-state index in [4.69, 9.17) is 0 Å². The number of nitrogens with zero attached hydrogens (tertiary/aromatic N) is 1. The van der Waals surface area contributed by atoms with Gasteiger partial charge in [-0.15, -0.1) is 0 Å². The Bertz CT molecular complexity index is 346. The lowest BCUT2D eigenvalue weighted by molar-refractivity contribution is -0.122. The van der Waals surface area contributed by atoms with E-state index in [1.54, 1.807) is 6.20 Å². The minimum absolute atomic E-state index is 0.0719. The van der Waals surface area contributed by atoms with Crippen LogP contribution in [0.4, 0.5) is 5.69 Å². The van der Waals surface area contributed by atoms with Crippen LogP contribution in [-0.4, -0.2) is 28.1 Å². The predicted molar refractivity (Wildman–Crippen MR) is 48.4 cm³/mol. The maximum Gasteiger partial charge on any atom is 0.247 e. The maximum atomic E-state index is 11.5. The Balaban J connectivity index is 1.93. The van der Waals surface area contributed by atoms with Crippen LogP contribution in [0, 0.1) is 0 Å². The molecule has 1 aromatic rings. The third kappa shape index (κ3) is 1.73. The first-order chi connectivity index (χ1) is 6.75. The molecule has 0 saturated carbocycles. The average molecular weight is 194 g/mol. The van der Waals surface area contributed by atoms with Crippen molar-refractivity contribution in [2.75, 3.05) is 5.32 Å². The van der Waals surface area contributed by atoms with E-state index < -0.39 is 6.04 Å². The van der Waals surface area contributed by atoms with Gasteiger partial charge in [-0.3, -0.25) is 14.7 Å². The van der Waals surface area contributed by atoms with Gasteiger partial charge in [-0.25, -0.2) is 0 Å². The van der Waals surface area contributed by atoms with Crippen molar-refractivity contribution >= 4 is 17.5 Å². The summed E-state index contributed by atoms with van der Waals surface area (Å²) in [5.41, 5.74) is 0.608. The summed E-state index contributed by atoms with van der Waals surface area (Å²) in [6, 6.07) is -0.405. The van der Waals surface area contributed by atoms with Gasteiger partial charge in [0.15, 0.2) is 0 Å². The first-order valence-electron chi connectivity index (χ1n) is 4.35. The van der Waals surface area contributed by atoms with E-state index in [-0.39, 0.29) is 11.8 Å². The van der Waals surface area contributed by atoms with Crippen LogP contribution < -0.4 is 10.6 Å². The van der Waals surface area contributed by atoms with Crippen molar-refractivity contribution in [3.05, 3.63) is 12.4 Å². The Kier molecular flexibility index (Phi) is 2.18. The Morgan fingerprint density at radius 2 is 2.50 bits per heavy atom. The minimum Gasteiger partial charge on any atom is -0.344 e. The number of aromatic nitrogens is 2. The monoisotopic (exact) mass is 194 g/mol. The molecule has 14 heavy (non-hydrogen) atoms. The average Bonchev–Trinajstić information content (AvgIpc) is 2.75. The van der Waals surface area contributed by atoms with E-state index in [9.17, 15) is 9.59 Å². The summed E-state index contributed by atoms with van der Waals surface area (Å²) in [4.78, 5) is 22.3. The number of hydrogen-bond acceptors (Lipinski definition) is 3. The van der Waals surface area contributed by atoms with Crippen LogP contribution in [0.3, 0.4) is 0 Å². The van der Waals surface area contributed by atoms with E-state index in [0.29, 0.717) is 18.5 Å². The lowest BCUT2D eigenvalue weighted by Gasteiger charge is -2.08. The fourth-order valence-electron chi connectivity index (χ4n) is 1.36. The van der Waals surface area contributed by atoms with Gasteiger partial charge in [0.2, 0.25) is 11.8 Å². The predicted octanol–water partition coefficient (Wildman–Crippen LogP) is -0.373. The van der Waals surface area contributed by atoms with E-state index in [1.165, 1.54) is 6.20 Å². The molecule has 2 amide bonds. The number of H-pyrrole nitrogens is 1. The largest absolute Gasteiger partial charge is 0.344 e. The summed E-state index contributed by atoms with van der Waals surface area (Å²) < 4.78 is 0. The van der Waals surface area contributed by atoms with Gasteiger partial charge in [-0.05, 0) is 6.42 Å². The number of anilines is 1. The van der Waals surface area contributed by atoms with Gasteiger partial charge in [-0.2, -0.15) is 5.10 Å². The molecule has 0 aliphatic carbocycles. The molecular weight excluding hydrogens is 184 g/mol. The lowest BCUT2D eigenvalue weighted by atomic mass is 10.2. The molecule has 6 heteroatoms. The highest BCUT2D eigenvalue weighted by Crippen LogP contribution is 2.09. The molecule has 0 spiro atoms. The fourth-order valence-corrected chi connectivity index (χ4v) is 1.36. The molecule has 1 aliphatic heterocycles. The molecule has 74 valence electrons. The maximum absolute atomic E-state index is 11.5. The SMILES string of the molecule is O=C1CC[C@@H](C(=O)Nc2cn[nH]c2)N1. The first kappa shape index (κ1) is 8.74. The van der Waals surface area contributed by atoms with Gasteiger partial charge in [0.1, 0.15) is 6.04 Å². The fraction of sp³-hybridized carbons (Fsp3) is 0.375. The highest BCUT2D eigenvalue weighted by Gasteiger charge is 2.27. The zero-order valence-electron chi connectivity index (χ0n) is 7.41. The summed E-state index contributed by atoms with van der Waals surface area (Å²) in [7, 11) is 0. The van der Waals surface area contributed by atoms with Crippen molar-refractivity contribution in [1.29, 1.82) is 0 Å². The standard InChI is InChI=1S/C8H10N4O2/c13-7-2-1-6(12-7)8(14)11-5-3-9-10-4-5/h3-4,6H,1-2H2,(H,9,10)(H,11,14)(H,12,13)/t6-/m0/s1. The molecule has 1 aliphatic rings. The van der Waals surface area contributed by atoms with Gasteiger partial charge in [-0.1, -0.05) is 0 Å². The Morgan fingerprint density at radius 1 is 1.64 bits per heavy atom. The first-order valence-corrected chi connectivity index (χ1v) is 4.35. The normalized spacial score (nSPS) is 20.6.